The number of anilines is 1. The van der Waals surface area contributed by atoms with E-state index >= 15 is 0 Å². The van der Waals surface area contributed by atoms with Crippen LogP contribution in [0.15, 0.2) is 18.3 Å². The van der Waals surface area contributed by atoms with Gasteiger partial charge < -0.3 is 10.2 Å². The second-order valence-electron chi connectivity index (χ2n) is 6.81. The van der Waals surface area contributed by atoms with E-state index in [4.69, 9.17) is 0 Å². The maximum atomic E-state index is 4.65. The largest absolute Gasteiger partial charge is 0.355 e. The Labute approximate surface area is 122 Å². The molecule has 2 aliphatic rings. The molecule has 1 aliphatic heterocycles. The molecule has 3 heteroatoms. The first-order valence-electron chi connectivity index (χ1n) is 8.10. The average Bonchev–Trinajstić information content (AvgIpc) is 3.08. The monoisotopic (exact) mass is 273 g/mol. The zero-order valence-electron chi connectivity index (χ0n) is 13.0. The Morgan fingerprint density at radius 1 is 1.40 bits per heavy atom. The molecule has 0 radical (unpaired) electrons. The Balaban J connectivity index is 1.59. The van der Waals surface area contributed by atoms with Crippen molar-refractivity contribution in [2.24, 2.45) is 0 Å². The van der Waals surface area contributed by atoms with E-state index in [1.54, 1.807) is 0 Å². The molecule has 20 heavy (non-hydrogen) atoms. The third-order valence-electron chi connectivity index (χ3n) is 4.99. The third-order valence-corrected chi connectivity index (χ3v) is 4.99. The molecule has 110 valence electrons. The molecular weight excluding hydrogens is 246 g/mol. The minimum absolute atomic E-state index is 0.482. The highest BCUT2D eigenvalue weighted by Crippen LogP contribution is 2.39. The van der Waals surface area contributed by atoms with Crippen LogP contribution in [0.2, 0.25) is 0 Å². The van der Waals surface area contributed by atoms with Gasteiger partial charge in [0.15, 0.2) is 0 Å². The quantitative estimate of drug-likeness (QED) is 0.892. The molecular formula is C17H27N3. The first-order chi connectivity index (χ1) is 9.62. The van der Waals surface area contributed by atoms with Gasteiger partial charge in [-0.05, 0) is 43.2 Å². The van der Waals surface area contributed by atoms with Gasteiger partial charge >= 0.3 is 0 Å². The summed E-state index contributed by atoms with van der Waals surface area (Å²) in [7, 11) is 0. The normalized spacial score (nSPS) is 24.4. The first kappa shape index (κ1) is 13.9. The highest BCUT2D eigenvalue weighted by Gasteiger charge is 2.43. The molecule has 3 nitrogen and oxygen atoms in total. The summed E-state index contributed by atoms with van der Waals surface area (Å²) >= 11 is 0. The average molecular weight is 273 g/mol. The van der Waals surface area contributed by atoms with Crippen molar-refractivity contribution in [2.45, 2.75) is 64.0 Å². The molecule has 1 N–H and O–H groups in total. The van der Waals surface area contributed by atoms with Gasteiger partial charge in [0.05, 0.1) is 0 Å². The standard InChI is InChI=1S/C17H27N3/c1-4-17(8-9-17)19-15-7-10-20(12-15)16-6-5-14(11-18-16)13(2)3/h5-6,11,13,15,19H,4,7-10,12H2,1-3H3. The van der Waals surface area contributed by atoms with Crippen molar-refractivity contribution < 1.29 is 0 Å². The second-order valence-corrected chi connectivity index (χ2v) is 6.81. The van der Waals surface area contributed by atoms with Crippen LogP contribution in [0.3, 0.4) is 0 Å². The van der Waals surface area contributed by atoms with Crippen LogP contribution >= 0.6 is 0 Å². The Bertz CT molecular complexity index is 448. The summed E-state index contributed by atoms with van der Waals surface area (Å²) in [5.74, 6) is 1.70. The van der Waals surface area contributed by atoms with Gasteiger partial charge in [0.2, 0.25) is 0 Å². The number of nitrogens with zero attached hydrogens (tertiary/aromatic N) is 2. The number of hydrogen-bond acceptors (Lipinski definition) is 3. The van der Waals surface area contributed by atoms with E-state index in [9.17, 15) is 0 Å². The van der Waals surface area contributed by atoms with Crippen molar-refractivity contribution >= 4 is 5.82 Å². The van der Waals surface area contributed by atoms with Crippen molar-refractivity contribution in [3.8, 4) is 0 Å². The molecule has 2 fully saturated rings. The van der Waals surface area contributed by atoms with Crippen LogP contribution in [-0.2, 0) is 0 Å². The summed E-state index contributed by atoms with van der Waals surface area (Å²) in [6.45, 7) is 8.97. The molecule has 1 atom stereocenters. The van der Waals surface area contributed by atoms with Crippen LogP contribution < -0.4 is 10.2 Å². The lowest BCUT2D eigenvalue weighted by atomic mass is 10.1. The number of hydrogen-bond donors (Lipinski definition) is 1. The highest BCUT2D eigenvalue weighted by molar-refractivity contribution is 5.41. The predicted molar refractivity (Wildman–Crippen MR) is 84.3 cm³/mol. The summed E-state index contributed by atoms with van der Waals surface area (Å²) in [5, 5.41) is 3.88. The lowest BCUT2D eigenvalue weighted by molar-refractivity contribution is 0.419. The molecule has 1 aromatic rings. The smallest absolute Gasteiger partial charge is 0.128 e. The van der Waals surface area contributed by atoms with E-state index in [1.807, 2.05) is 6.20 Å². The molecule has 0 aromatic carbocycles. The SMILES string of the molecule is CCC1(NC2CCN(c3ccc(C(C)C)cn3)C2)CC1. The van der Waals surface area contributed by atoms with Crippen LogP contribution in [0.5, 0.6) is 0 Å². The van der Waals surface area contributed by atoms with Crippen LogP contribution in [0.1, 0.15) is 57.9 Å². The first-order valence-corrected chi connectivity index (χ1v) is 8.10. The number of rotatable bonds is 5. The van der Waals surface area contributed by atoms with Crippen molar-refractivity contribution in [1.29, 1.82) is 0 Å². The highest BCUT2D eigenvalue weighted by atomic mass is 15.2. The van der Waals surface area contributed by atoms with E-state index in [-0.39, 0.29) is 0 Å². The molecule has 1 aliphatic carbocycles. The summed E-state index contributed by atoms with van der Waals surface area (Å²) < 4.78 is 0. The summed E-state index contributed by atoms with van der Waals surface area (Å²) in [6.07, 6.45) is 7.28. The molecule has 0 bridgehead atoms. The summed E-state index contributed by atoms with van der Waals surface area (Å²) in [4.78, 5) is 7.07. The van der Waals surface area contributed by atoms with Crippen molar-refractivity contribution in [2.75, 3.05) is 18.0 Å². The number of nitrogens with one attached hydrogen (secondary N) is 1. The third kappa shape index (κ3) is 2.83. The van der Waals surface area contributed by atoms with Crippen LogP contribution in [-0.4, -0.2) is 29.7 Å². The van der Waals surface area contributed by atoms with Gasteiger partial charge in [0.25, 0.3) is 0 Å². The zero-order valence-corrected chi connectivity index (χ0v) is 13.0. The molecule has 3 rings (SSSR count). The van der Waals surface area contributed by atoms with Crippen LogP contribution in [0.25, 0.3) is 0 Å². The predicted octanol–water partition coefficient (Wildman–Crippen LogP) is 3.32. The Kier molecular flexibility index (Phi) is 3.72. The minimum atomic E-state index is 0.482. The van der Waals surface area contributed by atoms with Gasteiger partial charge in [-0.15, -0.1) is 0 Å². The Hall–Kier alpha value is -1.09. The molecule has 0 amide bonds. The maximum Gasteiger partial charge on any atom is 0.128 e. The molecule has 1 aromatic heterocycles. The molecule has 1 unspecified atom stereocenters. The summed E-state index contributed by atoms with van der Waals surface area (Å²) in [5.41, 5.74) is 1.81. The van der Waals surface area contributed by atoms with Gasteiger partial charge in [0, 0.05) is 30.9 Å². The summed E-state index contributed by atoms with van der Waals surface area (Å²) in [6, 6.07) is 5.05. The number of aromatic nitrogens is 1. The van der Waals surface area contributed by atoms with Gasteiger partial charge in [-0.1, -0.05) is 26.8 Å². The zero-order chi connectivity index (χ0) is 14.2. The van der Waals surface area contributed by atoms with Crippen molar-refractivity contribution in [3.63, 3.8) is 0 Å². The number of pyridine rings is 1. The fourth-order valence-electron chi connectivity index (χ4n) is 3.20. The van der Waals surface area contributed by atoms with Crippen LogP contribution in [0, 0.1) is 0 Å². The molecule has 1 saturated carbocycles. The van der Waals surface area contributed by atoms with E-state index < -0.39 is 0 Å². The fourth-order valence-corrected chi connectivity index (χ4v) is 3.20. The van der Waals surface area contributed by atoms with E-state index in [2.05, 4.69) is 48.1 Å². The fraction of sp³-hybridized carbons (Fsp3) is 0.706. The molecule has 0 spiro atoms. The lowest BCUT2D eigenvalue weighted by Gasteiger charge is -2.22. The topological polar surface area (TPSA) is 28.2 Å². The van der Waals surface area contributed by atoms with Crippen LogP contribution in [0.4, 0.5) is 5.82 Å². The van der Waals surface area contributed by atoms with E-state index in [0.717, 1.165) is 18.9 Å². The molecule has 2 heterocycles. The van der Waals surface area contributed by atoms with Crippen molar-refractivity contribution in [3.05, 3.63) is 23.9 Å². The van der Waals surface area contributed by atoms with Gasteiger partial charge in [0.1, 0.15) is 5.82 Å². The Morgan fingerprint density at radius 3 is 2.75 bits per heavy atom. The maximum absolute atomic E-state index is 4.65. The minimum Gasteiger partial charge on any atom is -0.355 e. The van der Waals surface area contributed by atoms with Gasteiger partial charge in [-0.25, -0.2) is 4.98 Å². The molecule has 1 saturated heterocycles. The Morgan fingerprint density at radius 2 is 2.20 bits per heavy atom. The van der Waals surface area contributed by atoms with E-state index in [0.29, 0.717) is 17.5 Å². The lowest BCUT2D eigenvalue weighted by Crippen LogP contribution is -2.41. The van der Waals surface area contributed by atoms with Gasteiger partial charge in [-0.3, -0.25) is 0 Å². The van der Waals surface area contributed by atoms with Gasteiger partial charge in [-0.2, -0.15) is 0 Å². The van der Waals surface area contributed by atoms with Crippen molar-refractivity contribution in [1.82, 2.24) is 10.3 Å². The second kappa shape index (κ2) is 5.36. The van der Waals surface area contributed by atoms with E-state index in [1.165, 1.54) is 31.2 Å².